The van der Waals surface area contributed by atoms with E-state index >= 15 is 0 Å². The Bertz CT molecular complexity index is 1150. The number of fused-ring (bicyclic) bond motifs is 1. The highest BCUT2D eigenvalue weighted by atomic mass is 32.2. The van der Waals surface area contributed by atoms with Gasteiger partial charge in [-0.25, -0.2) is 4.98 Å². The number of para-hydroxylation sites is 2. The molecule has 2 aromatic carbocycles. The van der Waals surface area contributed by atoms with Crippen LogP contribution < -0.4 is 10.3 Å². The number of carbonyl (C=O) groups is 1. The molecule has 1 heterocycles. The van der Waals surface area contributed by atoms with Gasteiger partial charge in [0.05, 0.1) is 23.8 Å². The minimum atomic E-state index is -0.0153. The minimum Gasteiger partial charge on any atom is -0.496 e. The molecule has 1 amide bonds. The van der Waals surface area contributed by atoms with Gasteiger partial charge < -0.3 is 9.64 Å². The van der Waals surface area contributed by atoms with Crippen molar-refractivity contribution in [3.8, 4) is 5.75 Å². The molecule has 4 rings (SSSR count). The lowest BCUT2D eigenvalue weighted by atomic mass is 9.95. The van der Waals surface area contributed by atoms with Gasteiger partial charge in [0.2, 0.25) is 5.91 Å². The Kier molecular flexibility index (Phi) is 7.15. The smallest absolute Gasteiger partial charge is 0.262 e. The topological polar surface area (TPSA) is 64.4 Å². The molecule has 0 spiro atoms. The fraction of sp³-hybridized carbons (Fsp3) is 0.400. The third-order valence-corrected chi connectivity index (χ3v) is 7.00. The Labute approximate surface area is 192 Å². The van der Waals surface area contributed by atoms with Crippen molar-refractivity contribution in [1.29, 1.82) is 0 Å². The lowest BCUT2D eigenvalue weighted by Crippen LogP contribution is -2.31. The Balaban J connectivity index is 1.55. The van der Waals surface area contributed by atoms with Crippen LogP contribution >= 0.6 is 11.8 Å². The van der Waals surface area contributed by atoms with Crippen LogP contribution in [-0.2, 0) is 11.3 Å². The van der Waals surface area contributed by atoms with Crippen LogP contribution in [0.4, 0.5) is 0 Å². The molecule has 0 aliphatic heterocycles. The molecule has 168 valence electrons. The highest BCUT2D eigenvalue weighted by molar-refractivity contribution is 7.99. The summed E-state index contributed by atoms with van der Waals surface area (Å²) >= 11 is 1.36. The van der Waals surface area contributed by atoms with Crippen molar-refractivity contribution in [3.63, 3.8) is 0 Å². The van der Waals surface area contributed by atoms with Crippen LogP contribution in [0.5, 0.6) is 5.75 Å². The molecule has 6 nitrogen and oxygen atoms in total. The maximum atomic E-state index is 13.3. The number of ether oxygens (including phenoxy) is 1. The molecule has 1 aliphatic rings. The largest absolute Gasteiger partial charge is 0.496 e. The lowest BCUT2D eigenvalue weighted by Gasteiger charge is -2.26. The van der Waals surface area contributed by atoms with Gasteiger partial charge in [0.15, 0.2) is 5.16 Å². The van der Waals surface area contributed by atoms with Crippen molar-refractivity contribution in [1.82, 2.24) is 14.5 Å². The molecule has 0 bridgehead atoms. The predicted octanol–water partition coefficient (Wildman–Crippen LogP) is 4.66. The summed E-state index contributed by atoms with van der Waals surface area (Å²) in [6.45, 7) is 0.462. The summed E-state index contributed by atoms with van der Waals surface area (Å²) in [6.07, 6.45) is 5.41. The average Bonchev–Trinajstić information content (AvgIpc) is 2.83. The monoisotopic (exact) mass is 451 g/mol. The minimum absolute atomic E-state index is 0.000162. The summed E-state index contributed by atoms with van der Waals surface area (Å²) in [4.78, 5) is 32.7. The number of hydrogen-bond acceptors (Lipinski definition) is 5. The van der Waals surface area contributed by atoms with Gasteiger partial charge in [-0.15, -0.1) is 0 Å². The molecule has 0 atom stereocenters. The molecule has 0 N–H and O–H groups in total. The number of amides is 1. The summed E-state index contributed by atoms with van der Waals surface area (Å²) in [5, 5.41) is 1.28. The summed E-state index contributed by atoms with van der Waals surface area (Å²) in [6, 6.07) is 15.3. The molecule has 1 saturated carbocycles. The number of thioether (sulfide) groups is 1. The zero-order chi connectivity index (χ0) is 22.5. The second kappa shape index (κ2) is 10.2. The van der Waals surface area contributed by atoms with Gasteiger partial charge in [-0.05, 0) is 31.0 Å². The van der Waals surface area contributed by atoms with Crippen molar-refractivity contribution in [2.75, 3.05) is 19.9 Å². The van der Waals surface area contributed by atoms with Crippen molar-refractivity contribution in [2.45, 2.75) is 49.8 Å². The molecule has 1 fully saturated rings. The summed E-state index contributed by atoms with van der Waals surface area (Å²) in [5.74, 6) is 0.976. The zero-order valence-corrected chi connectivity index (χ0v) is 19.4. The Morgan fingerprint density at radius 2 is 1.84 bits per heavy atom. The molecule has 1 aromatic heterocycles. The first-order chi connectivity index (χ1) is 15.6. The van der Waals surface area contributed by atoms with Gasteiger partial charge in [-0.3, -0.25) is 14.2 Å². The maximum absolute atomic E-state index is 13.3. The first-order valence-electron chi connectivity index (χ1n) is 11.1. The Hall–Kier alpha value is -2.80. The number of nitrogens with zero attached hydrogens (tertiary/aromatic N) is 3. The van der Waals surface area contributed by atoms with Crippen molar-refractivity contribution in [2.24, 2.45) is 0 Å². The van der Waals surface area contributed by atoms with E-state index in [1.54, 1.807) is 19.1 Å². The SMILES string of the molecule is COc1ccccc1CN(C)C(=O)CSc1nc2ccccc2c(=O)n1C1CCCCC1. The normalized spacial score (nSPS) is 14.4. The van der Waals surface area contributed by atoms with E-state index in [-0.39, 0.29) is 23.3 Å². The number of hydrogen-bond donors (Lipinski definition) is 0. The average molecular weight is 452 g/mol. The number of methoxy groups -OCH3 is 1. The maximum Gasteiger partial charge on any atom is 0.262 e. The van der Waals surface area contributed by atoms with Gasteiger partial charge >= 0.3 is 0 Å². The molecule has 0 saturated heterocycles. The fourth-order valence-electron chi connectivity index (χ4n) is 4.30. The van der Waals surface area contributed by atoms with E-state index in [9.17, 15) is 9.59 Å². The van der Waals surface area contributed by atoms with Crippen LogP contribution in [0.2, 0.25) is 0 Å². The van der Waals surface area contributed by atoms with Crippen LogP contribution in [-0.4, -0.2) is 40.3 Å². The third-order valence-electron chi connectivity index (χ3n) is 6.07. The van der Waals surface area contributed by atoms with Gasteiger partial charge in [0, 0.05) is 25.2 Å². The number of rotatable bonds is 7. The highest BCUT2D eigenvalue weighted by Gasteiger charge is 2.23. The van der Waals surface area contributed by atoms with E-state index in [0.29, 0.717) is 22.6 Å². The van der Waals surface area contributed by atoms with Crippen LogP contribution in [0.25, 0.3) is 10.9 Å². The van der Waals surface area contributed by atoms with Gasteiger partial charge in [0.25, 0.3) is 5.56 Å². The van der Waals surface area contributed by atoms with Crippen LogP contribution in [0.3, 0.4) is 0 Å². The Morgan fingerprint density at radius 1 is 1.12 bits per heavy atom. The van der Waals surface area contributed by atoms with Gasteiger partial charge in [-0.1, -0.05) is 61.4 Å². The highest BCUT2D eigenvalue weighted by Crippen LogP contribution is 2.31. The molecule has 0 radical (unpaired) electrons. The van der Waals surface area contributed by atoms with E-state index < -0.39 is 0 Å². The second-order valence-corrected chi connectivity index (χ2v) is 9.17. The van der Waals surface area contributed by atoms with Crippen LogP contribution in [0, 0.1) is 0 Å². The second-order valence-electron chi connectivity index (χ2n) is 8.23. The Morgan fingerprint density at radius 3 is 2.62 bits per heavy atom. The molecule has 7 heteroatoms. The summed E-state index contributed by atoms with van der Waals surface area (Å²) in [7, 11) is 3.42. The van der Waals surface area contributed by atoms with Crippen molar-refractivity contribution < 1.29 is 9.53 Å². The molecule has 0 unspecified atom stereocenters. The molecule has 1 aliphatic carbocycles. The van der Waals surface area contributed by atoms with E-state index in [1.165, 1.54) is 18.2 Å². The van der Waals surface area contributed by atoms with E-state index in [1.807, 2.05) is 53.1 Å². The van der Waals surface area contributed by atoms with E-state index in [4.69, 9.17) is 9.72 Å². The first kappa shape index (κ1) is 22.4. The van der Waals surface area contributed by atoms with Crippen LogP contribution in [0.15, 0.2) is 58.5 Å². The first-order valence-corrected chi connectivity index (χ1v) is 12.1. The van der Waals surface area contributed by atoms with E-state index in [0.717, 1.165) is 37.0 Å². The summed E-state index contributed by atoms with van der Waals surface area (Å²) in [5.41, 5.74) is 1.64. The van der Waals surface area contributed by atoms with Crippen molar-refractivity contribution >= 4 is 28.6 Å². The molecular weight excluding hydrogens is 422 g/mol. The van der Waals surface area contributed by atoms with Gasteiger partial charge in [0.1, 0.15) is 5.75 Å². The number of aromatic nitrogens is 2. The standard InChI is InChI=1S/C25H29N3O3S/c1-27(16-18-10-6-9-15-22(18)31-2)23(29)17-32-25-26-21-14-8-7-13-20(21)24(30)28(25)19-11-4-3-5-12-19/h6-10,13-15,19H,3-5,11-12,16-17H2,1-2H3. The molecule has 32 heavy (non-hydrogen) atoms. The van der Waals surface area contributed by atoms with Crippen LogP contribution in [0.1, 0.15) is 43.7 Å². The molecule has 3 aromatic rings. The fourth-order valence-corrected chi connectivity index (χ4v) is 5.31. The predicted molar refractivity (Wildman–Crippen MR) is 128 cm³/mol. The van der Waals surface area contributed by atoms with Gasteiger partial charge in [-0.2, -0.15) is 0 Å². The molecular formula is C25H29N3O3S. The number of benzene rings is 2. The number of carbonyl (C=O) groups excluding carboxylic acids is 1. The van der Waals surface area contributed by atoms with Crippen molar-refractivity contribution in [3.05, 3.63) is 64.4 Å². The lowest BCUT2D eigenvalue weighted by molar-refractivity contribution is -0.127. The summed E-state index contributed by atoms with van der Waals surface area (Å²) < 4.78 is 7.25. The third kappa shape index (κ3) is 4.83. The quantitative estimate of drug-likeness (QED) is 0.386. The zero-order valence-electron chi connectivity index (χ0n) is 18.6. The van der Waals surface area contributed by atoms with E-state index in [2.05, 4.69) is 0 Å².